The Kier molecular flexibility index (Phi) is 3.91. The van der Waals surface area contributed by atoms with Gasteiger partial charge in [-0.05, 0) is 5.53 Å². The van der Waals surface area contributed by atoms with E-state index in [9.17, 15) is 22.0 Å². The second kappa shape index (κ2) is 5.18. The Hall–Kier alpha value is -2.26. The first-order valence-corrected chi connectivity index (χ1v) is 4.01. The van der Waals surface area contributed by atoms with Gasteiger partial charge in [0.2, 0.25) is 5.82 Å². The molecule has 1 aromatic carbocycles. The molecule has 0 amide bonds. The van der Waals surface area contributed by atoms with Crippen molar-refractivity contribution in [1.82, 2.24) is 0 Å². The predicted octanol–water partition coefficient (Wildman–Crippen LogP) is 3.04. The molecule has 0 unspecified atom stereocenters. The van der Waals surface area contributed by atoms with Gasteiger partial charge in [0, 0.05) is 4.91 Å². The quantitative estimate of drug-likeness (QED) is 0.139. The van der Waals surface area contributed by atoms with E-state index in [1.54, 1.807) is 5.92 Å². The molecule has 0 aliphatic heterocycles. The number of halogens is 5. The lowest BCUT2D eigenvalue weighted by Crippen LogP contribution is -2.04. The predicted molar refractivity (Wildman–Crippen MR) is 47.1 cm³/mol. The normalized spacial score (nSPS) is 9.24. The van der Waals surface area contributed by atoms with E-state index in [0.717, 1.165) is 0 Å². The molecule has 0 N–H and O–H groups in total. The molecular weight excluding hydrogens is 245 g/mol. The van der Waals surface area contributed by atoms with Crippen LogP contribution in [0.1, 0.15) is 5.56 Å². The third-order valence-corrected chi connectivity index (χ3v) is 1.64. The minimum Gasteiger partial charge on any atom is -0.202 e. The molecule has 0 atom stereocenters. The molecule has 1 aromatic rings. The lowest BCUT2D eigenvalue weighted by Gasteiger charge is -2.01. The number of hydrogen-bond acceptors (Lipinski definition) is 1. The van der Waals surface area contributed by atoms with Crippen molar-refractivity contribution in [1.29, 1.82) is 0 Å². The Morgan fingerprint density at radius 2 is 1.41 bits per heavy atom. The highest BCUT2D eigenvalue weighted by Crippen LogP contribution is 2.21. The van der Waals surface area contributed by atoms with E-state index in [4.69, 9.17) is 5.53 Å². The second-order valence-electron chi connectivity index (χ2n) is 2.64. The van der Waals surface area contributed by atoms with Gasteiger partial charge in [-0.1, -0.05) is 17.0 Å². The number of hydrogen-bond donors (Lipinski definition) is 0. The molecule has 0 aliphatic rings. The van der Waals surface area contributed by atoms with Crippen LogP contribution in [0, 0.1) is 40.9 Å². The molecule has 0 radical (unpaired) electrons. The number of nitrogens with zero attached hydrogens (tertiary/aromatic N) is 3. The molecule has 3 nitrogen and oxygen atoms in total. The van der Waals surface area contributed by atoms with Crippen LogP contribution < -0.4 is 0 Å². The van der Waals surface area contributed by atoms with Crippen LogP contribution in [0.5, 0.6) is 0 Å². The van der Waals surface area contributed by atoms with Gasteiger partial charge < -0.3 is 0 Å². The summed E-state index contributed by atoms with van der Waals surface area (Å²) >= 11 is 0. The standard InChI is InChI=1S/C9H2F5N3/c10-5-4(2-1-3-16-17-15)6(11)8(13)9(14)7(5)12/h3H2. The molecule has 17 heavy (non-hydrogen) atoms. The van der Waals surface area contributed by atoms with Crippen LogP contribution in [0.2, 0.25) is 0 Å². The summed E-state index contributed by atoms with van der Waals surface area (Å²) in [5.74, 6) is -6.77. The van der Waals surface area contributed by atoms with Gasteiger partial charge in [-0.25, -0.2) is 22.0 Å². The van der Waals surface area contributed by atoms with Gasteiger partial charge in [-0.2, -0.15) is 0 Å². The van der Waals surface area contributed by atoms with Crippen LogP contribution in [-0.2, 0) is 0 Å². The van der Waals surface area contributed by atoms with Crippen molar-refractivity contribution >= 4 is 0 Å². The number of rotatable bonds is 1. The fraction of sp³-hybridized carbons (Fsp3) is 0.111. The molecule has 8 heteroatoms. The average molecular weight is 247 g/mol. The van der Waals surface area contributed by atoms with Crippen molar-refractivity contribution in [3.63, 3.8) is 0 Å². The van der Waals surface area contributed by atoms with Crippen molar-refractivity contribution in [2.45, 2.75) is 0 Å². The Labute approximate surface area is 91.5 Å². The van der Waals surface area contributed by atoms with Gasteiger partial charge in [-0.3, -0.25) is 0 Å². The van der Waals surface area contributed by atoms with E-state index in [0.29, 0.717) is 0 Å². The molecule has 88 valence electrons. The largest absolute Gasteiger partial charge is 0.202 e. The molecule has 1 rings (SSSR count). The van der Waals surface area contributed by atoms with Gasteiger partial charge in [0.25, 0.3) is 0 Å². The lowest BCUT2D eigenvalue weighted by atomic mass is 10.1. The van der Waals surface area contributed by atoms with Crippen LogP contribution in [0.15, 0.2) is 5.11 Å². The number of azide groups is 1. The summed E-state index contributed by atoms with van der Waals surface area (Å²) in [6.45, 7) is -0.448. The van der Waals surface area contributed by atoms with Gasteiger partial charge in [0.05, 0.1) is 6.54 Å². The van der Waals surface area contributed by atoms with Crippen molar-refractivity contribution in [2.75, 3.05) is 6.54 Å². The van der Waals surface area contributed by atoms with E-state index in [-0.39, 0.29) is 0 Å². The van der Waals surface area contributed by atoms with Gasteiger partial charge >= 0.3 is 0 Å². The molecule has 0 aliphatic carbocycles. The van der Waals surface area contributed by atoms with Crippen molar-refractivity contribution in [3.05, 3.63) is 45.1 Å². The van der Waals surface area contributed by atoms with Crippen LogP contribution in [0.4, 0.5) is 22.0 Å². The number of benzene rings is 1. The van der Waals surface area contributed by atoms with E-state index in [1.807, 2.05) is 5.92 Å². The summed E-state index contributed by atoms with van der Waals surface area (Å²) in [6.07, 6.45) is 0. The minimum absolute atomic E-state index is 0.448. The van der Waals surface area contributed by atoms with E-state index >= 15 is 0 Å². The van der Waals surface area contributed by atoms with Crippen LogP contribution in [0.25, 0.3) is 10.4 Å². The van der Waals surface area contributed by atoms with E-state index in [1.165, 1.54) is 0 Å². The molecule has 0 bridgehead atoms. The third-order valence-electron chi connectivity index (χ3n) is 1.64. The first-order valence-electron chi connectivity index (χ1n) is 4.01. The summed E-state index contributed by atoms with van der Waals surface area (Å²) < 4.78 is 63.9. The van der Waals surface area contributed by atoms with Crippen LogP contribution >= 0.6 is 0 Å². The topological polar surface area (TPSA) is 48.8 Å². The zero-order valence-electron chi connectivity index (χ0n) is 7.94. The SMILES string of the molecule is [N-]=[N+]=NCC#Cc1c(F)c(F)c(F)c(F)c1F. The summed E-state index contributed by atoms with van der Waals surface area (Å²) in [4.78, 5) is 2.29. The fourth-order valence-electron chi connectivity index (χ4n) is 0.910. The molecule has 0 aromatic heterocycles. The summed E-state index contributed by atoms with van der Waals surface area (Å²) in [6, 6.07) is 0. The lowest BCUT2D eigenvalue weighted by molar-refractivity contribution is 0.376. The molecule has 0 fully saturated rings. The molecular formula is C9H2F5N3. The maximum absolute atomic E-state index is 13.0. The zero-order chi connectivity index (χ0) is 13.0. The highest BCUT2D eigenvalue weighted by molar-refractivity contribution is 5.38. The van der Waals surface area contributed by atoms with Crippen molar-refractivity contribution in [3.8, 4) is 11.8 Å². The summed E-state index contributed by atoms with van der Waals surface area (Å²) in [5, 5.41) is 2.91. The molecule has 0 saturated carbocycles. The third kappa shape index (κ3) is 2.46. The Morgan fingerprint density at radius 1 is 0.941 bits per heavy atom. The minimum atomic E-state index is -2.25. The maximum atomic E-state index is 13.0. The molecule has 0 saturated heterocycles. The maximum Gasteiger partial charge on any atom is 0.200 e. The van der Waals surface area contributed by atoms with Crippen molar-refractivity contribution < 1.29 is 22.0 Å². The average Bonchev–Trinajstić information content (AvgIpc) is 2.33. The first-order chi connectivity index (χ1) is 8.00. The zero-order valence-corrected chi connectivity index (χ0v) is 7.94. The summed E-state index contributed by atoms with van der Waals surface area (Å²) in [7, 11) is 0. The van der Waals surface area contributed by atoms with Crippen LogP contribution in [-0.4, -0.2) is 6.54 Å². The van der Waals surface area contributed by atoms with Crippen LogP contribution in [0.3, 0.4) is 0 Å². The van der Waals surface area contributed by atoms with Gasteiger partial charge in [-0.15, -0.1) is 0 Å². The first kappa shape index (κ1) is 12.8. The Balaban J connectivity index is 3.32. The highest BCUT2D eigenvalue weighted by Gasteiger charge is 2.24. The highest BCUT2D eigenvalue weighted by atomic mass is 19.2. The fourth-order valence-corrected chi connectivity index (χ4v) is 0.910. The van der Waals surface area contributed by atoms with Gasteiger partial charge in [0.15, 0.2) is 23.3 Å². The Morgan fingerprint density at radius 3 is 1.88 bits per heavy atom. The molecule has 0 heterocycles. The van der Waals surface area contributed by atoms with E-state index < -0.39 is 41.2 Å². The van der Waals surface area contributed by atoms with E-state index in [2.05, 4.69) is 10.0 Å². The Bertz CT molecular complexity index is 537. The molecule has 0 spiro atoms. The van der Waals surface area contributed by atoms with Gasteiger partial charge in [0.1, 0.15) is 5.56 Å². The summed E-state index contributed by atoms with van der Waals surface area (Å²) in [5.41, 5.74) is 6.62. The monoisotopic (exact) mass is 247 g/mol. The van der Waals surface area contributed by atoms with Crippen molar-refractivity contribution in [2.24, 2.45) is 5.11 Å². The second-order valence-corrected chi connectivity index (χ2v) is 2.64. The smallest absolute Gasteiger partial charge is 0.200 e.